The van der Waals surface area contributed by atoms with Crippen LogP contribution in [-0.4, -0.2) is 40.9 Å². The molecule has 2 unspecified atom stereocenters. The molecule has 0 radical (unpaired) electrons. The number of carboxylic acids is 1. The molecule has 2 N–H and O–H groups in total. The number of likely N-dealkylation sites (tertiary alicyclic amines) is 1. The molecule has 2 rings (SSSR count). The molecule has 0 aromatic heterocycles. The number of carboxylic acid groups (broad SMARTS) is 1. The van der Waals surface area contributed by atoms with Crippen LogP contribution in [-0.2, 0) is 14.4 Å². The molecule has 6 nitrogen and oxygen atoms in total. The van der Waals surface area contributed by atoms with Gasteiger partial charge in [-0.2, -0.15) is 0 Å². The summed E-state index contributed by atoms with van der Waals surface area (Å²) in [5, 5.41) is 12.4. The topological polar surface area (TPSA) is 86.7 Å². The van der Waals surface area contributed by atoms with Crippen LogP contribution in [0.25, 0.3) is 0 Å². The van der Waals surface area contributed by atoms with Gasteiger partial charge in [0.15, 0.2) is 0 Å². The average Bonchev–Trinajstić information content (AvgIpc) is 3.01. The van der Waals surface area contributed by atoms with Gasteiger partial charge in [0.05, 0.1) is 17.9 Å². The molecular formula is C19H26N2O4. The highest BCUT2D eigenvalue weighted by atomic mass is 16.4. The molecule has 1 aromatic carbocycles. The molecule has 0 spiro atoms. The predicted octanol–water partition coefficient (Wildman–Crippen LogP) is 2.21. The Bertz CT molecular complexity index is 644. The van der Waals surface area contributed by atoms with E-state index >= 15 is 0 Å². The molecule has 6 heteroatoms. The SMILES string of the molecule is CC(=O)NC(CC(=O)N1CCC(C(=O)O)(C(C)C)C1)c1ccccc1. The van der Waals surface area contributed by atoms with Crippen molar-refractivity contribution in [3.63, 3.8) is 0 Å². The Balaban J connectivity index is 2.12. The number of hydrogen-bond acceptors (Lipinski definition) is 3. The molecule has 1 heterocycles. The van der Waals surface area contributed by atoms with Crippen molar-refractivity contribution in [3.05, 3.63) is 35.9 Å². The smallest absolute Gasteiger partial charge is 0.311 e. The Morgan fingerprint density at radius 1 is 1.24 bits per heavy atom. The summed E-state index contributed by atoms with van der Waals surface area (Å²) in [6.45, 7) is 5.84. The highest BCUT2D eigenvalue weighted by Crippen LogP contribution is 2.38. The van der Waals surface area contributed by atoms with Crippen molar-refractivity contribution < 1.29 is 19.5 Å². The van der Waals surface area contributed by atoms with Gasteiger partial charge in [0, 0.05) is 20.0 Å². The maximum Gasteiger partial charge on any atom is 0.311 e. The van der Waals surface area contributed by atoms with E-state index in [0.29, 0.717) is 13.0 Å². The largest absolute Gasteiger partial charge is 0.481 e. The van der Waals surface area contributed by atoms with Gasteiger partial charge >= 0.3 is 5.97 Å². The van der Waals surface area contributed by atoms with Gasteiger partial charge in [0.25, 0.3) is 0 Å². The number of rotatable bonds is 6. The monoisotopic (exact) mass is 346 g/mol. The number of hydrogen-bond donors (Lipinski definition) is 2. The fourth-order valence-corrected chi connectivity index (χ4v) is 3.43. The second-order valence-corrected chi connectivity index (χ2v) is 7.05. The van der Waals surface area contributed by atoms with Crippen molar-refractivity contribution in [1.82, 2.24) is 10.2 Å². The lowest BCUT2D eigenvalue weighted by molar-refractivity contribution is -0.151. The van der Waals surface area contributed by atoms with Gasteiger partial charge in [-0.05, 0) is 17.9 Å². The number of amides is 2. The third kappa shape index (κ3) is 4.18. The van der Waals surface area contributed by atoms with Crippen LogP contribution in [0.3, 0.4) is 0 Å². The zero-order chi connectivity index (χ0) is 18.6. The first-order valence-corrected chi connectivity index (χ1v) is 8.59. The molecule has 136 valence electrons. The number of benzene rings is 1. The minimum atomic E-state index is -0.883. The van der Waals surface area contributed by atoms with Crippen LogP contribution < -0.4 is 5.32 Å². The van der Waals surface area contributed by atoms with Gasteiger partial charge in [-0.15, -0.1) is 0 Å². The van der Waals surface area contributed by atoms with Crippen molar-refractivity contribution >= 4 is 17.8 Å². The van der Waals surface area contributed by atoms with Crippen LogP contribution in [0.4, 0.5) is 0 Å². The third-order valence-corrected chi connectivity index (χ3v) is 5.14. The van der Waals surface area contributed by atoms with Crippen molar-refractivity contribution in [1.29, 1.82) is 0 Å². The zero-order valence-electron chi connectivity index (χ0n) is 15.0. The summed E-state index contributed by atoms with van der Waals surface area (Å²) in [5.74, 6) is -1.24. The number of nitrogens with one attached hydrogen (secondary N) is 1. The van der Waals surface area contributed by atoms with E-state index in [0.717, 1.165) is 5.56 Å². The van der Waals surface area contributed by atoms with Gasteiger partial charge in [-0.3, -0.25) is 14.4 Å². The van der Waals surface area contributed by atoms with E-state index in [4.69, 9.17) is 0 Å². The minimum absolute atomic E-state index is 0.0527. The zero-order valence-corrected chi connectivity index (χ0v) is 15.0. The van der Waals surface area contributed by atoms with Crippen molar-refractivity contribution in [2.45, 2.75) is 39.7 Å². The molecule has 0 bridgehead atoms. The summed E-state index contributed by atoms with van der Waals surface area (Å²) in [7, 11) is 0. The Morgan fingerprint density at radius 3 is 2.36 bits per heavy atom. The maximum atomic E-state index is 12.7. The summed E-state index contributed by atoms with van der Waals surface area (Å²) in [6, 6.07) is 8.92. The molecule has 2 amide bonds. The van der Waals surface area contributed by atoms with Crippen molar-refractivity contribution in [2.75, 3.05) is 13.1 Å². The fraction of sp³-hybridized carbons (Fsp3) is 0.526. The first-order valence-electron chi connectivity index (χ1n) is 8.59. The van der Waals surface area contributed by atoms with E-state index in [9.17, 15) is 19.5 Å². The Morgan fingerprint density at radius 2 is 1.88 bits per heavy atom. The van der Waals surface area contributed by atoms with E-state index in [-0.39, 0.29) is 30.7 Å². The molecule has 1 aromatic rings. The van der Waals surface area contributed by atoms with Crippen LogP contribution in [0.2, 0.25) is 0 Å². The Hall–Kier alpha value is -2.37. The van der Waals surface area contributed by atoms with E-state index in [2.05, 4.69) is 5.32 Å². The number of nitrogens with zero attached hydrogens (tertiary/aromatic N) is 1. The lowest BCUT2D eigenvalue weighted by Gasteiger charge is -2.29. The second-order valence-electron chi connectivity index (χ2n) is 7.05. The lowest BCUT2D eigenvalue weighted by Crippen LogP contribution is -2.41. The standard InChI is InChI=1S/C19H26N2O4/c1-13(2)19(18(24)25)9-10-21(12-19)17(23)11-16(20-14(3)22)15-7-5-4-6-8-15/h4-8,13,16H,9-12H2,1-3H3,(H,20,22)(H,24,25). The molecule has 0 saturated carbocycles. The normalized spacial score (nSPS) is 21.2. The molecule has 1 fully saturated rings. The quantitative estimate of drug-likeness (QED) is 0.827. The van der Waals surface area contributed by atoms with Crippen molar-refractivity contribution in [2.24, 2.45) is 11.3 Å². The maximum absolute atomic E-state index is 12.7. The molecule has 1 aliphatic rings. The number of carbonyl (C=O) groups is 3. The molecule has 1 aliphatic heterocycles. The number of carbonyl (C=O) groups excluding carboxylic acids is 2. The van der Waals surface area contributed by atoms with Crippen LogP contribution in [0.5, 0.6) is 0 Å². The van der Waals surface area contributed by atoms with E-state index in [1.807, 2.05) is 44.2 Å². The van der Waals surface area contributed by atoms with Gasteiger partial charge in [0.1, 0.15) is 0 Å². The molecular weight excluding hydrogens is 320 g/mol. The molecule has 1 saturated heterocycles. The van der Waals surface area contributed by atoms with E-state index in [1.54, 1.807) is 4.90 Å². The Kier molecular flexibility index (Phi) is 5.82. The van der Waals surface area contributed by atoms with Gasteiger partial charge in [-0.1, -0.05) is 44.2 Å². The minimum Gasteiger partial charge on any atom is -0.481 e. The molecule has 2 atom stereocenters. The van der Waals surface area contributed by atoms with Crippen LogP contribution in [0, 0.1) is 11.3 Å². The summed E-state index contributed by atoms with van der Waals surface area (Å²) in [6.07, 6.45) is 0.583. The van der Waals surface area contributed by atoms with Crippen molar-refractivity contribution in [3.8, 4) is 0 Å². The fourth-order valence-electron chi connectivity index (χ4n) is 3.43. The summed E-state index contributed by atoms with van der Waals surface area (Å²) in [5.41, 5.74) is -0.0232. The molecule has 25 heavy (non-hydrogen) atoms. The summed E-state index contributed by atoms with van der Waals surface area (Å²) >= 11 is 0. The van der Waals surface area contributed by atoms with E-state index in [1.165, 1.54) is 6.92 Å². The highest BCUT2D eigenvalue weighted by Gasteiger charge is 2.48. The van der Waals surface area contributed by atoms with Gasteiger partial charge < -0.3 is 15.3 Å². The Labute approximate surface area is 148 Å². The lowest BCUT2D eigenvalue weighted by atomic mass is 9.76. The summed E-state index contributed by atoms with van der Waals surface area (Å²) < 4.78 is 0. The van der Waals surface area contributed by atoms with Crippen LogP contribution in [0.15, 0.2) is 30.3 Å². The number of aliphatic carboxylic acids is 1. The van der Waals surface area contributed by atoms with Crippen LogP contribution in [0.1, 0.15) is 45.2 Å². The predicted molar refractivity (Wildman–Crippen MR) is 93.7 cm³/mol. The average molecular weight is 346 g/mol. The van der Waals surface area contributed by atoms with Gasteiger partial charge in [0.2, 0.25) is 11.8 Å². The first-order chi connectivity index (χ1) is 11.8. The van der Waals surface area contributed by atoms with Gasteiger partial charge in [-0.25, -0.2) is 0 Å². The first kappa shape index (κ1) is 19.0. The van der Waals surface area contributed by atoms with Crippen LogP contribution >= 0.6 is 0 Å². The molecule has 0 aliphatic carbocycles. The summed E-state index contributed by atoms with van der Waals surface area (Å²) in [4.78, 5) is 37.6. The van der Waals surface area contributed by atoms with E-state index < -0.39 is 17.4 Å². The second kappa shape index (κ2) is 7.68. The highest BCUT2D eigenvalue weighted by molar-refractivity contribution is 5.82. The third-order valence-electron chi connectivity index (χ3n) is 5.14.